The van der Waals surface area contributed by atoms with Crippen LogP contribution < -0.4 is 4.74 Å². The Balaban J connectivity index is 2.19. The first kappa shape index (κ1) is 11.3. The highest BCUT2D eigenvalue weighted by Crippen LogP contribution is 2.12. The second kappa shape index (κ2) is 5.77. The number of ether oxygens (including phenoxy) is 1. The molecule has 0 aromatic heterocycles. The number of rotatable bonds is 2. The van der Waals surface area contributed by atoms with Crippen LogP contribution in [0.25, 0.3) is 0 Å². The zero-order chi connectivity index (χ0) is 11.9. The quantitative estimate of drug-likeness (QED) is 0.707. The van der Waals surface area contributed by atoms with Gasteiger partial charge in [-0.2, -0.15) is 0 Å². The first-order chi connectivity index (χ1) is 8.38. The molecule has 2 aromatic rings. The van der Waals surface area contributed by atoms with Crippen LogP contribution in [-0.2, 0) is 0 Å². The maximum Gasteiger partial charge on any atom is 0.120 e. The van der Waals surface area contributed by atoms with E-state index in [0.717, 1.165) is 16.9 Å². The minimum atomic E-state index is 0.676. The zero-order valence-corrected chi connectivity index (χ0v) is 9.81. The lowest BCUT2D eigenvalue weighted by molar-refractivity contribution is 0.340. The summed E-state index contributed by atoms with van der Waals surface area (Å²) >= 11 is 0. The molecule has 0 aliphatic rings. The van der Waals surface area contributed by atoms with Gasteiger partial charge in [0.15, 0.2) is 0 Å². The van der Waals surface area contributed by atoms with E-state index in [2.05, 4.69) is 11.8 Å². The normalized spacial score (nSPS) is 9.24. The van der Waals surface area contributed by atoms with Gasteiger partial charge in [0.05, 0.1) is 6.61 Å². The van der Waals surface area contributed by atoms with Crippen molar-refractivity contribution in [2.45, 2.75) is 6.92 Å². The number of hydrogen-bond acceptors (Lipinski definition) is 1. The summed E-state index contributed by atoms with van der Waals surface area (Å²) in [5.41, 5.74) is 1.99. The first-order valence-electron chi connectivity index (χ1n) is 5.68. The molecule has 0 radical (unpaired) electrons. The molecule has 2 aromatic carbocycles. The Kier molecular flexibility index (Phi) is 3.83. The maximum absolute atomic E-state index is 5.43. The van der Waals surface area contributed by atoms with E-state index in [1.807, 2.05) is 61.5 Å². The Labute approximate surface area is 102 Å². The van der Waals surface area contributed by atoms with Crippen LogP contribution in [0.3, 0.4) is 0 Å². The monoisotopic (exact) mass is 222 g/mol. The predicted octanol–water partition coefficient (Wildman–Crippen LogP) is 3.49. The van der Waals surface area contributed by atoms with Crippen molar-refractivity contribution >= 4 is 0 Å². The highest BCUT2D eigenvalue weighted by molar-refractivity contribution is 5.45. The van der Waals surface area contributed by atoms with E-state index in [-0.39, 0.29) is 0 Å². The summed E-state index contributed by atoms with van der Waals surface area (Å²) in [6.07, 6.45) is 0. The number of benzene rings is 2. The molecule has 0 aliphatic heterocycles. The largest absolute Gasteiger partial charge is 0.494 e. The number of hydrogen-bond donors (Lipinski definition) is 0. The molecule has 0 N–H and O–H groups in total. The Morgan fingerprint density at radius 2 is 1.59 bits per heavy atom. The minimum absolute atomic E-state index is 0.676. The highest BCUT2D eigenvalue weighted by atomic mass is 16.5. The predicted molar refractivity (Wildman–Crippen MR) is 70.0 cm³/mol. The van der Waals surface area contributed by atoms with Gasteiger partial charge in [-0.3, -0.25) is 0 Å². The second-order valence-electron chi connectivity index (χ2n) is 3.58. The van der Waals surface area contributed by atoms with Crippen LogP contribution in [0, 0.1) is 11.8 Å². The summed E-state index contributed by atoms with van der Waals surface area (Å²) in [7, 11) is 0. The van der Waals surface area contributed by atoms with E-state index in [0.29, 0.717) is 6.61 Å². The fourth-order valence-corrected chi connectivity index (χ4v) is 1.50. The lowest BCUT2D eigenvalue weighted by atomic mass is 10.2. The SMILES string of the molecule is CCOc1cccc(C#Cc2ccccc2)c1. The molecule has 0 bridgehead atoms. The van der Waals surface area contributed by atoms with Crippen LogP contribution in [0.5, 0.6) is 5.75 Å². The summed E-state index contributed by atoms with van der Waals surface area (Å²) in [6.45, 7) is 2.65. The Morgan fingerprint density at radius 1 is 0.882 bits per heavy atom. The minimum Gasteiger partial charge on any atom is -0.494 e. The lowest BCUT2D eigenvalue weighted by Gasteiger charge is -2.01. The van der Waals surface area contributed by atoms with Crippen LogP contribution in [0.15, 0.2) is 54.6 Å². The van der Waals surface area contributed by atoms with Crippen LogP contribution in [0.2, 0.25) is 0 Å². The first-order valence-corrected chi connectivity index (χ1v) is 5.68. The van der Waals surface area contributed by atoms with Crippen molar-refractivity contribution in [2.24, 2.45) is 0 Å². The van der Waals surface area contributed by atoms with E-state index >= 15 is 0 Å². The van der Waals surface area contributed by atoms with Crippen molar-refractivity contribution in [3.05, 3.63) is 65.7 Å². The van der Waals surface area contributed by atoms with Gasteiger partial charge in [0.1, 0.15) is 5.75 Å². The average Bonchev–Trinajstić information content (AvgIpc) is 2.39. The third-order valence-electron chi connectivity index (χ3n) is 2.27. The molecule has 0 aliphatic carbocycles. The topological polar surface area (TPSA) is 9.23 Å². The van der Waals surface area contributed by atoms with E-state index in [1.54, 1.807) is 0 Å². The molecule has 0 spiro atoms. The molecular weight excluding hydrogens is 208 g/mol. The van der Waals surface area contributed by atoms with Crippen LogP contribution >= 0.6 is 0 Å². The molecule has 0 saturated carbocycles. The van der Waals surface area contributed by atoms with E-state index in [9.17, 15) is 0 Å². The van der Waals surface area contributed by atoms with Crippen molar-refractivity contribution in [2.75, 3.05) is 6.61 Å². The second-order valence-corrected chi connectivity index (χ2v) is 3.58. The highest BCUT2D eigenvalue weighted by Gasteiger charge is 1.92. The van der Waals surface area contributed by atoms with Gasteiger partial charge >= 0.3 is 0 Å². The Bertz CT molecular complexity index is 532. The molecule has 1 nitrogen and oxygen atoms in total. The van der Waals surface area contributed by atoms with Crippen molar-refractivity contribution in [3.63, 3.8) is 0 Å². The van der Waals surface area contributed by atoms with E-state index in [4.69, 9.17) is 4.74 Å². The summed E-state index contributed by atoms with van der Waals surface area (Å²) in [6, 6.07) is 17.8. The molecular formula is C16H14O. The van der Waals surface area contributed by atoms with Gasteiger partial charge in [-0.1, -0.05) is 36.1 Å². The van der Waals surface area contributed by atoms with Gasteiger partial charge in [0.25, 0.3) is 0 Å². The molecule has 84 valence electrons. The molecule has 0 saturated heterocycles. The van der Waals surface area contributed by atoms with Gasteiger partial charge in [-0.05, 0) is 37.3 Å². The molecule has 17 heavy (non-hydrogen) atoms. The molecule has 0 atom stereocenters. The van der Waals surface area contributed by atoms with Crippen LogP contribution in [-0.4, -0.2) is 6.61 Å². The average molecular weight is 222 g/mol. The molecule has 0 heterocycles. The smallest absolute Gasteiger partial charge is 0.120 e. The zero-order valence-electron chi connectivity index (χ0n) is 9.81. The summed E-state index contributed by atoms with van der Waals surface area (Å²) in [4.78, 5) is 0. The van der Waals surface area contributed by atoms with Gasteiger partial charge in [-0.25, -0.2) is 0 Å². The summed E-state index contributed by atoms with van der Waals surface area (Å²) in [5, 5.41) is 0. The van der Waals surface area contributed by atoms with E-state index in [1.165, 1.54) is 0 Å². The molecule has 1 heteroatoms. The molecule has 0 fully saturated rings. The van der Waals surface area contributed by atoms with Gasteiger partial charge in [0, 0.05) is 11.1 Å². The van der Waals surface area contributed by atoms with Crippen molar-refractivity contribution in [1.82, 2.24) is 0 Å². The van der Waals surface area contributed by atoms with Crippen molar-refractivity contribution in [1.29, 1.82) is 0 Å². The molecule has 0 unspecified atom stereocenters. The van der Waals surface area contributed by atoms with E-state index < -0.39 is 0 Å². The Hall–Kier alpha value is -2.20. The fourth-order valence-electron chi connectivity index (χ4n) is 1.50. The van der Waals surface area contributed by atoms with Gasteiger partial charge in [0.2, 0.25) is 0 Å². The van der Waals surface area contributed by atoms with Crippen LogP contribution in [0.1, 0.15) is 18.1 Å². The van der Waals surface area contributed by atoms with Gasteiger partial charge in [-0.15, -0.1) is 0 Å². The third-order valence-corrected chi connectivity index (χ3v) is 2.27. The maximum atomic E-state index is 5.43. The standard InChI is InChI=1S/C16H14O/c1-2-17-16-10-6-9-15(13-16)12-11-14-7-4-3-5-8-14/h3-10,13H,2H2,1H3. The van der Waals surface area contributed by atoms with Crippen LogP contribution in [0.4, 0.5) is 0 Å². The van der Waals surface area contributed by atoms with Crippen molar-refractivity contribution < 1.29 is 4.74 Å². The summed E-state index contributed by atoms with van der Waals surface area (Å²) in [5.74, 6) is 7.12. The van der Waals surface area contributed by atoms with Gasteiger partial charge < -0.3 is 4.74 Å². The fraction of sp³-hybridized carbons (Fsp3) is 0.125. The van der Waals surface area contributed by atoms with Crippen molar-refractivity contribution in [3.8, 4) is 17.6 Å². The molecule has 0 amide bonds. The Morgan fingerprint density at radius 3 is 2.35 bits per heavy atom. The molecule has 2 rings (SSSR count). The summed E-state index contributed by atoms with van der Waals surface area (Å²) < 4.78 is 5.43. The third kappa shape index (κ3) is 3.39. The lowest BCUT2D eigenvalue weighted by Crippen LogP contribution is -1.91.